The van der Waals surface area contributed by atoms with Crippen LogP contribution in [0.3, 0.4) is 0 Å². The lowest BCUT2D eigenvalue weighted by atomic mass is 9.93. The molecule has 0 aliphatic rings. The number of hydrogen-bond donors (Lipinski definition) is 1. The van der Waals surface area contributed by atoms with Crippen molar-refractivity contribution in [2.24, 2.45) is 5.92 Å². The van der Waals surface area contributed by atoms with Crippen LogP contribution in [-0.4, -0.2) is 6.54 Å². The van der Waals surface area contributed by atoms with E-state index in [9.17, 15) is 5.21 Å². The molecule has 2 nitrogen and oxygen atoms in total. The average molecular weight is 240 g/mol. The van der Waals surface area contributed by atoms with Crippen LogP contribution < -0.4 is 5.48 Å². The van der Waals surface area contributed by atoms with Crippen molar-refractivity contribution in [3.63, 3.8) is 0 Å². The highest BCUT2D eigenvalue weighted by Gasteiger charge is 2.08. The standard InChI is InChI=1S/C16H18NO/c18-17-13-16(11-14-7-3-1-4-8-14)12-15-9-5-2-6-10-15/h1-10,16-17H,11-13H2/q-1. The number of hydrogen-bond acceptors (Lipinski definition) is 2. The fraction of sp³-hybridized carbons (Fsp3) is 0.250. The first-order valence-electron chi connectivity index (χ1n) is 6.31. The second-order valence-corrected chi connectivity index (χ2v) is 4.59. The Labute approximate surface area is 108 Å². The van der Waals surface area contributed by atoms with Gasteiger partial charge >= 0.3 is 0 Å². The molecule has 0 heterocycles. The lowest BCUT2D eigenvalue weighted by Crippen LogP contribution is -2.21. The molecule has 0 spiro atoms. The van der Waals surface area contributed by atoms with E-state index in [1.165, 1.54) is 11.1 Å². The number of hydroxylamine groups is 1. The molecule has 0 aromatic heterocycles. The molecule has 2 aromatic rings. The molecule has 0 aliphatic carbocycles. The summed E-state index contributed by atoms with van der Waals surface area (Å²) in [5, 5.41) is 10.7. The molecule has 2 aromatic carbocycles. The van der Waals surface area contributed by atoms with Crippen molar-refractivity contribution in [1.29, 1.82) is 0 Å². The van der Waals surface area contributed by atoms with Crippen molar-refractivity contribution >= 4 is 0 Å². The second kappa shape index (κ2) is 6.94. The van der Waals surface area contributed by atoms with Crippen LogP contribution in [0.25, 0.3) is 0 Å². The van der Waals surface area contributed by atoms with E-state index in [0.29, 0.717) is 12.5 Å². The molecule has 0 saturated carbocycles. The van der Waals surface area contributed by atoms with Crippen LogP contribution in [0.2, 0.25) is 0 Å². The lowest BCUT2D eigenvalue weighted by Gasteiger charge is -2.20. The van der Waals surface area contributed by atoms with E-state index < -0.39 is 0 Å². The molecule has 0 unspecified atom stereocenters. The summed E-state index contributed by atoms with van der Waals surface area (Å²) in [7, 11) is 0. The van der Waals surface area contributed by atoms with E-state index in [4.69, 9.17) is 0 Å². The van der Waals surface area contributed by atoms with Crippen LogP contribution in [0.4, 0.5) is 0 Å². The summed E-state index contributed by atoms with van der Waals surface area (Å²) in [6, 6.07) is 20.7. The Morgan fingerprint density at radius 2 is 1.22 bits per heavy atom. The minimum atomic E-state index is 0.340. The van der Waals surface area contributed by atoms with Crippen LogP contribution in [0.5, 0.6) is 0 Å². The maximum atomic E-state index is 10.7. The third-order valence-corrected chi connectivity index (χ3v) is 3.11. The van der Waals surface area contributed by atoms with E-state index in [1.807, 2.05) is 36.4 Å². The highest BCUT2D eigenvalue weighted by molar-refractivity contribution is 5.18. The molecular formula is C16H18NO-. The largest absolute Gasteiger partial charge is 0.788 e. The average Bonchev–Trinajstić information content (AvgIpc) is 2.41. The Balaban J connectivity index is 2.00. The van der Waals surface area contributed by atoms with Gasteiger partial charge in [-0.15, -0.1) is 0 Å². The SMILES string of the molecule is [O-]NCC(Cc1ccccc1)Cc1ccccc1. The molecule has 94 valence electrons. The first kappa shape index (κ1) is 12.8. The Morgan fingerprint density at radius 3 is 1.61 bits per heavy atom. The van der Waals surface area contributed by atoms with Gasteiger partial charge in [0, 0.05) is 0 Å². The van der Waals surface area contributed by atoms with Crippen LogP contribution in [0, 0.1) is 11.1 Å². The maximum Gasteiger partial charge on any atom is -0.0134 e. The van der Waals surface area contributed by atoms with Gasteiger partial charge in [-0.3, -0.25) is 0 Å². The summed E-state index contributed by atoms with van der Waals surface area (Å²) < 4.78 is 0. The number of rotatable bonds is 6. The summed E-state index contributed by atoms with van der Waals surface area (Å²) in [4.78, 5) is 0. The fourth-order valence-electron chi connectivity index (χ4n) is 2.23. The molecule has 0 amide bonds. The Bertz CT molecular complexity index is 400. The van der Waals surface area contributed by atoms with Crippen LogP contribution in [0.15, 0.2) is 60.7 Å². The molecule has 0 radical (unpaired) electrons. The molecule has 0 bridgehead atoms. The van der Waals surface area contributed by atoms with Gasteiger partial charge in [-0.25, -0.2) is 0 Å². The predicted octanol–water partition coefficient (Wildman–Crippen LogP) is 3.18. The molecule has 0 atom stereocenters. The zero-order valence-corrected chi connectivity index (χ0v) is 10.4. The zero-order valence-electron chi connectivity index (χ0n) is 10.4. The molecule has 1 N–H and O–H groups in total. The molecule has 0 saturated heterocycles. The number of nitrogens with one attached hydrogen (secondary N) is 1. The van der Waals surface area contributed by atoms with E-state index in [0.717, 1.165) is 12.8 Å². The van der Waals surface area contributed by atoms with Gasteiger partial charge in [-0.1, -0.05) is 60.7 Å². The Kier molecular flexibility index (Phi) is 4.94. The highest BCUT2D eigenvalue weighted by Crippen LogP contribution is 2.14. The third kappa shape index (κ3) is 3.99. The summed E-state index contributed by atoms with van der Waals surface area (Å²) in [5.41, 5.74) is 4.63. The minimum Gasteiger partial charge on any atom is -0.788 e. The first-order chi connectivity index (χ1) is 8.88. The van der Waals surface area contributed by atoms with Crippen molar-refractivity contribution in [2.75, 3.05) is 6.54 Å². The summed E-state index contributed by atoms with van der Waals surface area (Å²) in [6.45, 7) is 0.504. The van der Waals surface area contributed by atoms with Gasteiger partial charge in [0.05, 0.1) is 0 Å². The van der Waals surface area contributed by atoms with Crippen molar-refractivity contribution in [1.82, 2.24) is 5.48 Å². The van der Waals surface area contributed by atoms with Gasteiger partial charge in [0.25, 0.3) is 0 Å². The van der Waals surface area contributed by atoms with Gasteiger partial charge in [0.15, 0.2) is 0 Å². The van der Waals surface area contributed by atoms with Gasteiger partial charge in [-0.2, -0.15) is 0 Å². The molecular weight excluding hydrogens is 222 g/mol. The fourth-order valence-corrected chi connectivity index (χ4v) is 2.23. The third-order valence-electron chi connectivity index (χ3n) is 3.11. The normalized spacial score (nSPS) is 10.8. The van der Waals surface area contributed by atoms with E-state index in [2.05, 4.69) is 29.7 Å². The minimum absolute atomic E-state index is 0.340. The molecule has 2 rings (SSSR count). The van der Waals surface area contributed by atoms with Crippen LogP contribution in [-0.2, 0) is 12.8 Å². The van der Waals surface area contributed by atoms with E-state index in [1.54, 1.807) is 0 Å². The maximum absolute atomic E-state index is 10.7. The van der Waals surface area contributed by atoms with E-state index >= 15 is 0 Å². The molecule has 2 heteroatoms. The van der Waals surface area contributed by atoms with Gasteiger partial charge in [0.1, 0.15) is 0 Å². The molecule has 0 fully saturated rings. The lowest BCUT2D eigenvalue weighted by molar-refractivity contribution is 0.503. The monoisotopic (exact) mass is 240 g/mol. The molecule has 18 heavy (non-hydrogen) atoms. The van der Waals surface area contributed by atoms with Gasteiger partial charge < -0.3 is 10.7 Å². The van der Waals surface area contributed by atoms with Crippen molar-refractivity contribution in [3.8, 4) is 0 Å². The smallest absolute Gasteiger partial charge is 0.0134 e. The zero-order chi connectivity index (χ0) is 12.6. The topological polar surface area (TPSA) is 35.1 Å². The van der Waals surface area contributed by atoms with Crippen molar-refractivity contribution < 1.29 is 0 Å². The highest BCUT2D eigenvalue weighted by atomic mass is 16.5. The Hall–Kier alpha value is -1.64. The quantitative estimate of drug-likeness (QED) is 0.787. The Morgan fingerprint density at radius 1 is 0.778 bits per heavy atom. The predicted molar refractivity (Wildman–Crippen MR) is 75.2 cm³/mol. The van der Waals surface area contributed by atoms with Crippen molar-refractivity contribution in [3.05, 3.63) is 77.0 Å². The van der Waals surface area contributed by atoms with Gasteiger partial charge in [-0.05, 0) is 36.4 Å². The summed E-state index contributed by atoms with van der Waals surface area (Å²) in [5.74, 6) is 0.340. The second-order valence-electron chi connectivity index (χ2n) is 4.59. The summed E-state index contributed by atoms with van der Waals surface area (Å²) >= 11 is 0. The first-order valence-corrected chi connectivity index (χ1v) is 6.31. The van der Waals surface area contributed by atoms with Crippen molar-refractivity contribution in [2.45, 2.75) is 12.8 Å². The van der Waals surface area contributed by atoms with Crippen LogP contribution >= 0.6 is 0 Å². The van der Waals surface area contributed by atoms with Crippen LogP contribution in [0.1, 0.15) is 11.1 Å². The van der Waals surface area contributed by atoms with E-state index in [-0.39, 0.29) is 0 Å². The molecule has 0 aliphatic heterocycles. The van der Waals surface area contributed by atoms with Gasteiger partial charge in [0.2, 0.25) is 0 Å². The summed E-state index contributed by atoms with van der Waals surface area (Å²) in [6.07, 6.45) is 1.87. The number of benzene rings is 2.